The molecule has 35 heavy (non-hydrogen) atoms. The molecule has 2 saturated heterocycles. The molecular weight excluding hydrogens is 472 g/mol. The van der Waals surface area contributed by atoms with Crippen molar-refractivity contribution in [2.75, 3.05) is 20.8 Å². The van der Waals surface area contributed by atoms with Gasteiger partial charge in [0.2, 0.25) is 11.6 Å². The van der Waals surface area contributed by atoms with Crippen LogP contribution in [-0.4, -0.2) is 61.9 Å². The van der Waals surface area contributed by atoms with Crippen molar-refractivity contribution in [2.24, 2.45) is 0 Å². The molecule has 0 aromatic heterocycles. The largest absolute Gasteiger partial charge is 0.494 e. The maximum Gasteiger partial charge on any atom is 0.220 e. The van der Waals surface area contributed by atoms with Crippen molar-refractivity contribution >= 4 is 11.6 Å². The number of aliphatic hydroxyl groups excluding tert-OH is 1. The van der Waals surface area contributed by atoms with E-state index in [0.29, 0.717) is 18.1 Å². The molecule has 0 saturated carbocycles. The fourth-order valence-corrected chi connectivity index (χ4v) is 4.98. The Morgan fingerprint density at radius 1 is 0.971 bits per heavy atom. The summed E-state index contributed by atoms with van der Waals surface area (Å²) in [5.41, 5.74) is 2.86. The molecule has 0 amide bonds. The second-order valence-electron chi connectivity index (χ2n) is 9.32. The molecule has 7 nitrogen and oxygen atoms in total. The van der Waals surface area contributed by atoms with Crippen LogP contribution in [0.25, 0.3) is 0 Å². The SMILES string of the molecule is CCOc1ccc(Cc2cc([C@@H]3O[C@H](C)[C@H]4OC(C)(OC)C(C)(OC)O[C@@H]4[C@H]3O)ccc2Cl)cc1. The van der Waals surface area contributed by atoms with E-state index in [4.69, 9.17) is 40.0 Å². The minimum absolute atomic E-state index is 0.366. The normalized spacial score (nSPS) is 34.9. The van der Waals surface area contributed by atoms with Gasteiger partial charge in [0.25, 0.3) is 0 Å². The van der Waals surface area contributed by atoms with E-state index in [1.165, 1.54) is 14.2 Å². The van der Waals surface area contributed by atoms with Crippen molar-refractivity contribution in [2.45, 2.75) is 76.2 Å². The predicted molar refractivity (Wildman–Crippen MR) is 132 cm³/mol. The molecule has 2 unspecified atom stereocenters. The molecule has 8 heteroatoms. The number of aliphatic hydroxyl groups is 1. The Balaban J connectivity index is 1.58. The van der Waals surface area contributed by atoms with Crippen LogP contribution in [0.15, 0.2) is 42.5 Å². The van der Waals surface area contributed by atoms with E-state index in [1.807, 2.05) is 56.3 Å². The summed E-state index contributed by atoms with van der Waals surface area (Å²) in [6.07, 6.45) is -2.57. The Morgan fingerprint density at radius 2 is 1.60 bits per heavy atom. The molecule has 2 heterocycles. The second kappa shape index (κ2) is 10.3. The summed E-state index contributed by atoms with van der Waals surface area (Å²) in [7, 11) is 3.06. The molecule has 2 fully saturated rings. The van der Waals surface area contributed by atoms with Gasteiger partial charge in [0, 0.05) is 19.2 Å². The van der Waals surface area contributed by atoms with Gasteiger partial charge in [-0.05, 0) is 69.0 Å². The molecule has 2 aromatic rings. The van der Waals surface area contributed by atoms with Gasteiger partial charge in [0.05, 0.1) is 12.7 Å². The molecule has 2 aliphatic heterocycles. The molecule has 1 N–H and O–H groups in total. The first-order valence-corrected chi connectivity index (χ1v) is 12.3. The van der Waals surface area contributed by atoms with Gasteiger partial charge in [-0.15, -0.1) is 0 Å². The number of fused-ring (bicyclic) bond motifs is 1. The highest BCUT2D eigenvalue weighted by Crippen LogP contribution is 2.46. The Bertz CT molecular complexity index is 1020. The Kier molecular flexibility index (Phi) is 7.79. The zero-order chi connectivity index (χ0) is 25.4. The van der Waals surface area contributed by atoms with Gasteiger partial charge >= 0.3 is 0 Å². The zero-order valence-corrected chi connectivity index (χ0v) is 21.9. The average molecular weight is 507 g/mol. The first kappa shape index (κ1) is 26.4. The molecule has 2 aliphatic rings. The van der Waals surface area contributed by atoms with E-state index in [1.54, 1.807) is 13.8 Å². The van der Waals surface area contributed by atoms with Crippen molar-refractivity contribution < 1.29 is 33.5 Å². The molecule has 192 valence electrons. The van der Waals surface area contributed by atoms with Gasteiger partial charge in [0.15, 0.2) is 0 Å². The number of hydrogen-bond acceptors (Lipinski definition) is 7. The first-order chi connectivity index (χ1) is 16.6. The molecule has 0 aliphatic carbocycles. The smallest absolute Gasteiger partial charge is 0.220 e. The van der Waals surface area contributed by atoms with Crippen LogP contribution < -0.4 is 4.74 Å². The molecule has 0 radical (unpaired) electrons. The highest BCUT2D eigenvalue weighted by molar-refractivity contribution is 6.31. The Labute approximate surface area is 212 Å². The topological polar surface area (TPSA) is 75.6 Å². The van der Waals surface area contributed by atoms with E-state index in [9.17, 15) is 5.11 Å². The summed E-state index contributed by atoms with van der Waals surface area (Å²) in [6.45, 7) is 7.99. The standard InChI is InChI=1S/C27H35ClO7/c1-7-32-20-11-8-17(9-12-20)14-19-15-18(10-13-21(19)28)24-22(29)25-23(16(2)33-24)34-26(3,30-5)27(4,31-6)35-25/h8-13,15-16,22-25,29H,7,14H2,1-6H3/t16-,22+,23-,24+,25-,26?,27?/m1/s1. The summed E-state index contributed by atoms with van der Waals surface area (Å²) in [5.74, 6) is -1.55. The lowest BCUT2D eigenvalue weighted by molar-refractivity contribution is -0.471. The summed E-state index contributed by atoms with van der Waals surface area (Å²) in [4.78, 5) is 0. The average Bonchev–Trinajstić information content (AvgIpc) is 2.85. The van der Waals surface area contributed by atoms with Crippen LogP contribution in [0, 0.1) is 0 Å². The summed E-state index contributed by atoms with van der Waals surface area (Å²) < 4.78 is 35.6. The lowest BCUT2D eigenvalue weighted by atomic mass is 9.88. The minimum atomic E-state index is -1.22. The number of benzene rings is 2. The third-order valence-electron chi connectivity index (χ3n) is 7.15. The van der Waals surface area contributed by atoms with Crippen molar-refractivity contribution in [3.63, 3.8) is 0 Å². The molecule has 0 bridgehead atoms. The molecular formula is C27H35ClO7. The van der Waals surface area contributed by atoms with Gasteiger partial charge in [-0.2, -0.15) is 0 Å². The van der Waals surface area contributed by atoms with Gasteiger partial charge in [-0.3, -0.25) is 0 Å². The lowest BCUT2D eigenvalue weighted by Crippen LogP contribution is -2.71. The maximum absolute atomic E-state index is 11.4. The maximum atomic E-state index is 11.4. The third kappa shape index (κ3) is 4.96. The van der Waals surface area contributed by atoms with Gasteiger partial charge < -0.3 is 33.5 Å². The van der Waals surface area contributed by atoms with Crippen LogP contribution in [-0.2, 0) is 30.1 Å². The Hall–Kier alpha value is -1.71. The number of rotatable bonds is 7. The number of hydrogen-bond donors (Lipinski definition) is 1. The lowest BCUT2D eigenvalue weighted by Gasteiger charge is -2.56. The van der Waals surface area contributed by atoms with Crippen LogP contribution in [0.2, 0.25) is 5.02 Å². The van der Waals surface area contributed by atoms with Crippen molar-refractivity contribution in [1.29, 1.82) is 0 Å². The van der Waals surface area contributed by atoms with E-state index in [0.717, 1.165) is 22.4 Å². The minimum Gasteiger partial charge on any atom is -0.494 e. The van der Waals surface area contributed by atoms with Crippen LogP contribution >= 0.6 is 11.6 Å². The fraction of sp³-hybridized carbons (Fsp3) is 0.556. The first-order valence-electron chi connectivity index (χ1n) is 11.9. The van der Waals surface area contributed by atoms with Crippen LogP contribution in [0.4, 0.5) is 0 Å². The van der Waals surface area contributed by atoms with E-state index < -0.39 is 36.0 Å². The quantitative estimate of drug-likeness (QED) is 0.585. The van der Waals surface area contributed by atoms with Crippen molar-refractivity contribution in [3.8, 4) is 5.75 Å². The molecule has 7 atom stereocenters. The predicted octanol–water partition coefficient (Wildman–Crippen LogP) is 4.66. The summed E-state index contributed by atoms with van der Waals surface area (Å²) in [6, 6.07) is 13.7. The molecule has 4 rings (SSSR count). The van der Waals surface area contributed by atoms with Crippen LogP contribution in [0.3, 0.4) is 0 Å². The number of halogens is 1. The third-order valence-corrected chi connectivity index (χ3v) is 7.52. The van der Waals surface area contributed by atoms with Gasteiger partial charge in [-0.1, -0.05) is 35.9 Å². The van der Waals surface area contributed by atoms with Crippen LogP contribution in [0.5, 0.6) is 5.75 Å². The summed E-state index contributed by atoms with van der Waals surface area (Å²) in [5, 5.41) is 12.0. The monoisotopic (exact) mass is 506 g/mol. The fourth-order valence-electron chi connectivity index (χ4n) is 4.80. The van der Waals surface area contributed by atoms with Gasteiger partial charge in [0.1, 0.15) is 30.2 Å². The highest BCUT2D eigenvalue weighted by Gasteiger charge is 2.61. The highest BCUT2D eigenvalue weighted by atomic mass is 35.5. The van der Waals surface area contributed by atoms with Crippen LogP contribution in [0.1, 0.15) is 50.5 Å². The zero-order valence-electron chi connectivity index (χ0n) is 21.1. The van der Waals surface area contributed by atoms with E-state index >= 15 is 0 Å². The van der Waals surface area contributed by atoms with E-state index in [-0.39, 0.29) is 6.10 Å². The second-order valence-corrected chi connectivity index (χ2v) is 9.73. The molecule has 2 aromatic carbocycles. The van der Waals surface area contributed by atoms with E-state index in [2.05, 4.69) is 0 Å². The number of methoxy groups -OCH3 is 2. The van der Waals surface area contributed by atoms with Gasteiger partial charge in [-0.25, -0.2) is 0 Å². The van der Waals surface area contributed by atoms with Crippen molar-refractivity contribution in [3.05, 3.63) is 64.2 Å². The molecule has 0 spiro atoms. The summed E-state index contributed by atoms with van der Waals surface area (Å²) >= 11 is 6.54. The van der Waals surface area contributed by atoms with Crippen molar-refractivity contribution in [1.82, 2.24) is 0 Å². The number of ether oxygens (including phenoxy) is 6. The Morgan fingerprint density at radius 3 is 2.20 bits per heavy atom.